The SMILES string of the molecule is CC[C@]1(N)C[C@H]1c1ccc(NC(=O)Cc2cccc3ccccc23)cc1.Cl. The van der Waals surface area contributed by atoms with Gasteiger partial charge in [-0.2, -0.15) is 0 Å². The molecule has 1 saturated carbocycles. The fourth-order valence-corrected chi connectivity index (χ4v) is 3.79. The molecule has 0 aliphatic heterocycles. The van der Waals surface area contributed by atoms with Gasteiger partial charge in [0.2, 0.25) is 5.91 Å². The van der Waals surface area contributed by atoms with Gasteiger partial charge in [-0.05, 0) is 46.9 Å². The number of fused-ring (bicyclic) bond motifs is 1. The van der Waals surface area contributed by atoms with Crippen molar-refractivity contribution in [2.45, 2.75) is 37.6 Å². The Kier molecular flexibility index (Phi) is 5.54. The third-order valence-electron chi connectivity index (χ3n) is 5.60. The fraction of sp³-hybridized carbons (Fsp3) is 0.261. The van der Waals surface area contributed by atoms with Crippen molar-refractivity contribution >= 4 is 34.8 Å². The topological polar surface area (TPSA) is 55.1 Å². The van der Waals surface area contributed by atoms with Crippen LogP contribution in [0.3, 0.4) is 0 Å². The zero-order chi connectivity index (χ0) is 18.1. The van der Waals surface area contributed by atoms with E-state index in [1.54, 1.807) is 0 Å². The molecule has 4 heteroatoms. The second-order valence-electron chi connectivity index (χ2n) is 7.33. The molecule has 140 valence electrons. The summed E-state index contributed by atoms with van der Waals surface area (Å²) in [5.74, 6) is 0.454. The smallest absolute Gasteiger partial charge is 0.228 e. The van der Waals surface area contributed by atoms with Gasteiger partial charge in [0.05, 0.1) is 6.42 Å². The van der Waals surface area contributed by atoms with Crippen LogP contribution < -0.4 is 11.1 Å². The zero-order valence-electron chi connectivity index (χ0n) is 15.4. The van der Waals surface area contributed by atoms with Crippen LogP contribution in [0, 0.1) is 0 Å². The number of carbonyl (C=O) groups is 1. The molecule has 3 aromatic carbocycles. The van der Waals surface area contributed by atoms with Crippen LogP contribution in [-0.4, -0.2) is 11.4 Å². The van der Waals surface area contributed by atoms with Crippen LogP contribution in [0.4, 0.5) is 5.69 Å². The largest absolute Gasteiger partial charge is 0.326 e. The van der Waals surface area contributed by atoms with E-state index in [1.807, 2.05) is 36.4 Å². The minimum Gasteiger partial charge on any atom is -0.326 e. The molecule has 3 aromatic rings. The molecule has 0 saturated heterocycles. The molecule has 0 aromatic heterocycles. The molecule has 1 fully saturated rings. The predicted octanol–water partition coefficient (Wildman–Crippen LogP) is 5.04. The van der Waals surface area contributed by atoms with Gasteiger partial charge < -0.3 is 11.1 Å². The summed E-state index contributed by atoms with van der Waals surface area (Å²) in [4.78, 5) is 12.5. The van der Waals surface area contributed by atoms with Gasteiger partial charge in [0.25, 0.3) is 0 Å². The molecule has 1 aliphatic carbocycles. The molecule has 0 radical (unpaired) electrons. The van der Waals surface area contributed by atoms with E-state index in [0.29, 0.717) is 12.3 Å². The summed E-state index contributed by atoms with van der Waals surface area (Å²) in [6, 6.07) is 22.4. The Morgan fingerprint density at radius 3 is 2.48 bits per heavy atom. The highest BCUT2D eigenvalue weighted by molar-refractivity contribution is 5.96. The van der Waals surface area contributed by atoms with Crippen molar-refractivity contribution < 1.29 is 4.79 Å². The lowest BCUT2D eigenvalue weighted by atomic mass is 10.0. The van der Waals surface area contributed by atoms with Crippen LogP contribution in [0.2, 0.25) is 0 Å². The van der Waals surface area contributed by atoms with E-state index in [4.69, 9.17) is 5.73 Å². The van der Waals surface area contributed by atoms with Gasteiger partial charge in [-0.25, -0.2) is 0 Å². The van der Waals surface area contributed by atoms with Crippen LogP contribution in [0.5, 0.6) is 0 Å². The van der Waals surface area contributed by atoms with E-state index in [0.717, 1.165) is 34.9 Å². The molecular formula is C23H25ClN2O. The van der Waals surface area contributed by atoms with Gasteiger partial charge in [0, 0.05) is 17.1 Å². The summed E-state index contributed by atoms with van der Waals surface area (Å²) < 4.78 is 0. The number of nitrogens with two attached hydrogens (primary N) is 1. The van der Waals surface area contributed by atoms with Crippen LogP contribution in [0.25, 0.3) is 10.8 Å². The van der Waals surface area contributed by atoms with Gasteiger partial charge in [-0.3, -0.25) is 4.79 Å². The van der Waals surface area contributed by atoms with Crippen molar-refractivity contribution in [3.8, 4) is 0 Å². The maximum atomic E-state index is 12.5. The Labute approximate surface area is 166 Å². The Morgan fingerprint density at radius 1 is 1.07 bits per heavy atom. The summed E-state index contributed by atoms with van der Waals surface area (Å²) in [5, 5.41) is 5.30. The van der Waals surface area contributed by atoms with E-state index in [1.165, 1.54) is 5.56 Å². The first-order valence-electron chi connectivity index (χ1n) is 9.24. The van der Waals surface area contributed by atoms with E-state index < -0.39 is 0 Å². The maximum absolute atomic E-state index is 12.5. The van der Waals surface area contributed by atoms with Crippen molar-refractivity contribution in [2.75, 3.05) is 5.32 Å². The first-order valence-corrected chi connectivity index (χ1v) is 9.24. The van der Waals surface area contributed by atoms with Gasteiger partial charge in [0.15, 0.2) is 0 Å². The molecule has 4 rings (SSSR count). The molecule has 0 unspecified atom stereocenters. The summed E-state index contributed by atoms with van der Waals surface area (Å²) in [6.45, 7) is 2.14. The Bertz CT molecular complexity index is 949. The molecule has 27 heavy (non-hydrogen) atoms. The third-order valence-corrected chi connectivity index (χ3v) is 5.60. The fourth-order valence-electron chi connectivity index (χ4n) is 3.79. The monoisotopic (exact) mass is 380 g/mol. The lowest BCUT2D eigenvalue weighted by Crippen LogP contribution is -2.22. The second kappa shape index (κ2) is 7.71. The van der Waals surface area contributed by atoms with Gasteiger partial charge in [-0.15, -0.1) is 12.4 Å². The second-order valence-corrected chi connectivity index (χ2v) is 7.33. The van der Waals surface area contributed by atoms with Crippen molar-refractivity contribution in [1.82, 2.24) is 0 Å². The molecule has 2 atom stereocenters. The van der Waals surface area contributed by atoms with E-state index in [-0.39, 0.29) is 23.9 Å². The number of anilines is 1. The zero-order valence-corrected chi connectivity index (χ0v) is 16.3. The van der Waals surface area contributed by atoms with E-state index in [9.17, 15) is 4.79 Å². The quantitative estimate of drug-likeness (QED) is 0.651. The molecule has 0 heterocycles. The summed E-state index contributed by atoms with van der Waals surface area (Å²) >= 11 is 0. The van der Waals surface area contributed by atoms with Crippen molar-refractivity contribution in [3.05, 3.63) is 77.9 Å². The van der Waals surface area contributed by atoms with Crippen molar-refractivity contribution in [3.63, 3.8) is 0 Å². The Morgan fingerprint density at radius 2 is 1.78 bits per heavy atom. The lowest BCUT2D eigenvalue weighted by molar-refractivity contribution is -0.115. The molecule has 0 spiro atoms. The molecule has 1 amide bonds. The van der Waals surface area contributed by atoms with E-state index in [2.05, 4.69) is 42.6 Å². The maximum Gasteiger partial charge on any atom is 0.228 e. The van der Waals surface area contributed by atoms with Crippen molar-refractivity contribution in [2.24, 2.45) is 5.73 Å². The van der Waals surface area contributed by atoms with Crippen LogP contribution in [0.1, 0.15) is 36.8 Å². The van der Waals surface area contributed by atoms with Crippen LogP contribution in [-0.2, 0) is 11.2 Å². The molecule has 1 aliphatic rings. The van der Waals surface area contributed by atoms with Gasteiger partial charge >= 0.3 is 0 Å². The van der Waals surface area contributed by atoms with Gasteiger partial charge in [-0.1, -0.05) is 61.5 Å². The molecule has 3 nitrogen and oxygen atoms in total. The highest BCUT2D eigenvalue weighted by Crippen LogP contribution is 2.51. The predicted molar refractivity (Wildman–Crippen MR) is 115 cm³/mol. The normalized spacial score (nSPS) is 20.7. The number of benzene rings is 3. The van der Waals surface area contributed by atoms with Gasteiger partial charge in [0.1, 0.15) is 0 Å². The molecule has 0 bridgehead atoms. The summed E-state index contributed by atoms with van der Waals surface area (Å²) in [7, 11) is 0. The number of nitrogens with one attached hydrogen (secondary N) is 1. The summed E-state index contributed by atoms with van der Waals surface area (Å²) in [5.41, 5.74) is 9.42. The molecule has 3 N–H and O–H groups in total. The number of hydrogen-bond donors (Lipinski definition) is 2. The third kappa shape index (κ3) is 4.00. The van der Waals surface area contributed by atoms with Crippen LogP contribution >= 0.6 is 12.4 Å². The first-order chi connectivity index (χ1) is 12.6. The first kappa shape index (κ1) is 19.4. The average molecular weight is 381 g/mol. The Hall–Kier alpha value is -2.36. The minimum atomic E-state index is -0.0286. The minimum absolute atomic E-state index is 0. The highest BCUT2D eigenvalue weighted by atomic mass is 35.5. The molecular weight excluding hydrogens is 356 g/mol. The number of carbonyl (C=O) groups excluding carboxylic acids is 1. The van der Waals surface area contributed by atoms with Crippen LogP contribution in [0.15, 0.2) is 66.7 Å². The number of amides is 1. The van der Waals surface area contributed by atoms with E-state index >= 15 is 0 Å². The summed E-state index contributed by atoms with van der Waals surface area (Å²) in [6.07, 6.45) is 2.42. The highest BCUT2D eigenvalue weighted by Gasteiger charge is 2.49. The number of halogens is 1. The lowest BCUT2D eigenvalue weighted by Gasteiger charge is -2.10. The Balaban J connectivity index is 0.00000210. The average Bonchev–Trinajstić information content (AvgIpc) is 3.35. The van der Waals surface area contributed by atoms with Crippen molar-refractivity contribution in [1.29, 1.82) is 0 Å². The number of rotatable bonds is 5. The standard InChI is InChI=1S/C23H24N2O.ClH/c1-2-23(24)15-21(23)17-10-12-19(13-11-17)25-22(26)14-18-8-5-7-16-6-3-4-9-20(16)18;/h3-13,21H,2,14-15,24H2,1H3,(H,25,26);1H/t21-,23-;/m0./s1. The number of hydrogen-bond acceptors (Lipinski definition) is 2.